The fourth-order valence-corrected chi connectivity index (χ4v) is 4.91. The largest absolute Gasteiger partial charge is 0.271 e. The van der Waals surface area contributed by atoms with Crippen molar-refractivity contribution in [1.82, 2.24) is 5.43 Å². The third-order valence-corrected chi connectivity index (χ3v) is 6.14. The Bertz CT molecular complexity index is 389. The van der Waals surface area contributed by atoms with Crippen molar-refractivity contribution in [2.24, 2.45) is 23.6 Å². The van der Waals surface area contributed by atoms with Gasteiger partial charge in [-0.25, -0.2) is 0 Å². The van der Waals surface area contributed by atoms with Crippen molar-refractivity contribution in [3.63, 3.8) is 0 Å². The summed E-state index contributed by atoms with van der Waals surface area (Å²) < 4.78 is 0. The van der Waals surface area contributed by atoms with Gasteiger partial charge in [0, 0.05) is 15.8 Å². The van der Waals surface area contributed by atoms with Gasteiger partial charge in [0.05, 0.1) is 0 Å². The van der Waals surface area contributed by atoms with Crippen LogP contribution in [0.2, 0.25) is 0 Å². The molecule has 0 radical (unpaired) electrons. The number of nitrogens with one attached hydrogen (secondary N) is 1. The summed E-state index contributed by atoms with van der Waals surface area (Å²) in [6.07, 6.45) is 8.04. The molecule has 2 fully saturated rings. The molecule has 2 aliphatic rings. The summed E-state index contributed by atoms with van der Waals surface area (Å²) in [5, 5.41) is 0. The molecule has 0 saturated heterocycles. The maximum absolute atomic E-state index is 5.81. The second kappa shape index (κ2) is 5.32. The van der Waals surface area contributed by atoms with Crippen LogP contribution in [-0.4, -0.2) is 6.04 Å². The molecule has 1 aromatic heterocycles. The molecule has 3 heteroatoms. The summed E-state index contributed by atoms with van der Waals surface area (Å²) >= 11 is 1.96. The van der Waals surface area contributed by atoms with E-state index in [2.05, 4.69) is 24.5 Å². The molecule has 0 bridgehead atoms. The van der Waals surface area contributed by atoms with E-state index in [0.717, 1.165) is 30.6 Å². The SMILES string of the molecule is CCc1ccc(CC(NN)C2C3CCCCC32)s1. The van der Waals surface area contributed by atoms with Gasteiger partial charge in [-0.05, 0) is 55.6 Å². The number of aryl methyl sites for hydroxylation is 1. The van der Waals surface area contributed by atoms with Gasteiger partial charge >= 0.3 is 0 Å². The monoisotopic (exact) mass is 264 g/mol. The highest BCUT2D eigenvalue weighted by molar-refractivity contribution is 7.11. The van der Waals surface area contributed by atoms with Crippen molar-refractivity contribution in [1.29, 1.82) is 0 Å². The van der Waals surface area contributed by atoms with Crippen LogP contribution in [0.4, 0.5) is 0 Å². The molecule has 3 rings (SSSR count). The van der Waals surface area contributed by atoms with Crippen molar-refractivity contribution < 1.29 is 0 Å². The number of hydrazine groups is 1. The number of hydrogen-bond acceptors (Lipinski definition) is 3. The maximum Gasteiger partial charge on any atom is 0.0292 e. The summed E-state index contributed by atoms with van der Waals surface area (Å²) in [5.41, 5.74) is 3.10. The van der Waals surface area contributed by atoms with Gasteiger partial charge in [0.25, 0.3) is 0 Å². The Morgan fingerprint density at radius 2 is 1.94 bits per heavy atom. The van der Waals surface area contributed by atoms with Gasteiger partial charge in [-0.3, -0.25) is 11.3 Å². The number of rotatable bonds is 5. The number of fused-ring (bicyclic) bond motifs is 1. The van der Waals surface area contributed by atoms with E-state index in [1.807, 2.05) is 11.3 Å². The Morgan fingerprint density at radius 1 is 1.28 bits per heavy atom. The van der Waals surface area contributed by atoms with E-state index in [0.29, 0.717) is 6.04 Å². The first-order valence-corrected chi connectivity index (χ1v) is 8.19. The van der Waals surface area contributed by atoms with Crippen molar-refractivity contribution in [3.05, 3.63) is 21.9 Å². The number of hydrogen-bond donors (Lipinski definition) is 2. The van der Waals surface area contributed by atoms with E-state index in [4.69, 9.17) is 5.84 Å². The van der Waals surface area contributed by atoms with Crippen molar-refractivity contribution in [3.8, 4) is 0 Å². The Morgan fingerprint density at radius 3 is 2.50 bits per heavy atom. The van der Waals surface area contributed by atoms with Gasteiger partial charge in [-0.2, -0.15) is 0 Å². The summed E-state index contributed by atoms with van der Waals surface area (Å²) in [4.78, 5) is 2.99. The number of nitrogens with two attached hydrogens (primary N) is 1. The average Bonchev–Trinajstić information content (AvgIpc) is 2.96. The van der Waals surface area contributed by atoms with Crippen molar-refractivity contribution >= 4 is 11.3 Å². The van der Waals surface area contributed by atoms with Crippen LogP contribution in [0.5, 0.6) is 0 Å². The normalized spacial score (nSPS) is 32.0. The minimum Gasteiger partial charge on any atom is -0.271 e. The fourth-order valence-electron chi connectivity index (χ4n) is 3.89. The van der Waals surface area contributed by atoms with Crippen LogP contribution >= 0.6 is 11.3 Å². The molecule has 100 valence electrons. The van der Waals surface area contributed by atoms with Crippen molar-refractivity contribution in [2.75, 3.05) is 0 Å². The number of thiophene rings is 1. The molecule has 1 aromatic rings. The van der Waals surface area contributed by atoms with Gasteiger partial charge < -0.3 is 0 Å². The lowest BCUT2D eigenvalue weighted by Crippen LogP contribution is -2.39. The molecule has 0 aromatic carbocycles. The first-order chi connectivity index (χ1) is 8.83. The second-order valence-electron chi connectivity index (χ2n) is 5.89. The molecule has 0 amide bonds. The molecule has 3 unspecified atom stereocenters. The third-order valence-electron chi connectivity index (χ3n) is 4.89. The topological polar surface area (TPSA) is 38.0 Å². The Hall–Kier alpha value is -0.380. The molecular formula is C15H24N2S. The van der Waals surface area contributed by atoms with Gasteiger partial charge in [-0.15, -0.1) is 11.3 Å². The zero-order valence-electron chi connectivity index (χ0n) is 11.2. The molecule has 0 spiro atoms. The van der Waals surface area contributed by atoms with Gasteiger partial charge in [0.1, 0.15) is 0 Å². The highest BCUT2D eigenvalue weighted by Gasteiger charge is 2.53. The lowest BCUT2D eigenvalue weighted by atomic mass is 10.0. The third kappa shape index (κ3) is 2.36. The summed E-state index contributed by atoms with van der Waals surface area (Å²) in [6.45, 7) is 2.23. The van der Waals surface area contributed by atoms with Crippen LogP contribution in [0.1, 0.15) is 42.4 Å². The zero-order chi connectivity index (χ0) is 12.5. The van der Waals surface area contributed by atoms with E-state index >= 15 is 0 Å². The first kappa shape index (κ1) is 12.6. The van der Waals surface area contributed by atoms with Crippen molar-refractivity contribution in [2.45, 2.75) is 51.5 Å². The Kier molecular flexibility index (Phi) is 3.73. The highest BCUT2D eigenvalue weighted by Crippen LogP contribution is 2.57. The van der Waals surface area contributed by atoms with E-state index in [1.54, 1.807) is 0 Å². The highest BCUT2D eigenvalue weighted by atomic mass is 32.1. The molecule has 18 heavy (non-hydrogen) atoms. The lowest BCUT2D eigenvalue weighted by molar-refractivity contribution is 0.439. The zero-order valence-corrected chi connectivity index (χ0v) is 12.0. The van der Waals surface area contributed by atoms with Crippen LogP contribution in [0.3, 0.4) is 0 Å². The first-order valence-electron chi connectivity index (χ1n) is 7.37. The molecular weight excluding hydrogens is 240 g/mol. The minimum atomic E-state index is 0.501. The Balaban J connectivity index is 1.63. The van der Waals surface area contributed by atoms with E-state index in [1.165, 1.54) is 35.4 Å². The minimum absolute atomic E-state index is 0.501. The molecule has 0 aliphatic heterocycles. The van der Waals surface area contributed by atoms with Gasteiger partial charge in [0.2, 0.25) is 0 Å². The summed E-state index contributed by atoms with van der Waals surface area (Å²) in [6, 6.07) is 5.06. The summed E-state index contributed by atoms with van der Waals surface area (Å²) in [7, 11) is 0. The van der Waals surface area contributed by atoms with E-state index in [-0.39, 0.29) is 0 Å². The van der Waals surface area contributed by atoms with Crippen LogP contribution in [0, 0.1) is 17.8 Å². The summed E-state index contributed by atoms with van der Waals surface area (Å²) in [5.74, 6) is 8.62. The molecule has 3 N–H and O–H groups in total. The van der Waals surface area contributed by atoms with Crippen LogP contribution in [0.15, 0.2) is 12.1 Å². The fraction of sp³-hybridized carbons (Fsp3) is 0.733. The molecule has 3 atom stereocenters. The second-order valence-corrected chi connectivity index (χ2v) is 7.14. The maximum atomic E-state index is 5.81. The Labute approximate surface area is 114 Å². The van der Waals surface area contributed by atoms with Crippen LogP contribution in [-0.2, 0) is 12.8 Å². The van der Waals surface area contributed by atoms with Gasteiger partial charge in [-0.1, -0.05) is 19.8 Å². The lowest BCUT2D eigenvalue weighted by Gasteiger charge is -2.15. The van der Waals surface area contributed by atoms with E-state index in [9.17, 15) is 0 Å². The van der Waals surface area contributed by atoms with Gasteiger partial charge in [0.15, 0.2) is 0 Å². The molecule has 2 saturated carbocycles. The van der Waals surface area contributed by atoms with Crippen LogP contribution in [0.25, 0.3) is 0 Å². The quantitative estimate of drug-likeness (QED) is 0.633. The van der Waals surface area contributed by atoms with E-state index < -0.39 is 0 Å². The molecule has 2 nitrogen and oxygen atoms in total. The predicted octanol–water partition coefficient (Wildman–Crippen LogP) is 3.12. The average molecular weight is 264 g/mol. The smallest absolute Gasteiger partial charge is 0.0292 e. The predicted molar refractivity (Wildman–Crippen MR) is 77.5 cm³/mol. The molecule has 2 aliphatic carbocycles. The molecule has 1 heterocycles. The standard InChI is InChI=1S/C15H24N2S/c1-2-10-7-8-11(18-10)9-14(17-16)15-12-5-3-4-6-13(12)15/h7-8,12-15,17H,2-6,9,16H2,1H3. The van der Waals surface area contributed by atoms with Crippen LogP contribution < -0.4 is 11.3 Å².